The van der Waals surface area contributed by atoms with Crippen molar-refractivity contribution in [1.29, 1.82) is 0 Å². The molecule has 6 heteroatoms. The molecule has 1 unspecified atom stereocenters. The van der Waals surface area contributed by atoms with Crippen molar-refractivity contribution in [2.45, 2.75) is 31.5 Å². The van der Waals surface area contributed by atoms with Crippen LogP contribution in [0.4, 0.5) is 0 Å². The van der Waals surface area contributed by atoms with Gasteiger partial charge in [0.25, 0.3) is 5.91 Å². The van der Waals surface area contributed by atoms with Gasteiger partial charge < -0.3 is 25.4 Å². The molecule has 0 spiro atoms. The number of aliphatic hydroxyl groups excluding tert-OH is 1. The van der Waals surface area contributed by atoms with Gasteiger partial charge in [-0.2, -0.15) is 0 Å². The quantitative estimate of drug-likeness (QED) is 0.754. The Kier molecular flexibility index (Phi) is 4.76. The number of fused-ring (bicyclic) bond motifs is 1. The van der Waals surface area contributed by atoms with E-state index in [1.165, 1.54) is 5.56 Å². The average Bonchev–Trinajstić information content (AvgIpc) is 3.09. The van der Waals surface area contributed by atoms with Crippen LogP contribution in [0, 0.1) is 6.92 Å². The molecule has 3 aliphatic heterocycles. The van der Waals surface area contributed by atoms with Crippen LogP contribution >= 0.6 is 0 Å². The van der Waals surface area contributed by atoms with E-state index in [1.807, 2.05) is 41.5 Å². The average molecular weight is 367 g/mol. The first kappa shape index (κ1) is 17.8. The molecule has 0 radical (unpaired) electrons. The van der Waals surface area contributed by atoms with Gasteiger partial charge in [-0.05, 0) is 38.0 Å². The fourth-order valence-corrected chi connectivity index (χ4v) is 3.81. The minimum absolute atomic E-state index is 0.0877. The van der Waals surface area contributed by atoms with Crippen LogP contribution < -0.4 is 10.6 Å². The zero-order valence-electron chi connectivity index (χ0n) is 15.4. The Bertz CT molecular complexity index is 822. The monoisotopic (exact) mass is 367 g/mol. The zero-order chi connectivity index (χ0) is 18.9. The topological polar surface area (TPSA) is 73.8 Å². The summed E-state index contributed by atoms with van der Waals surface area (Å²) >= 11 is 0. The first-order valence-electron chi connectivity index (χ1n) is 9.34. The van der Waals surface area contributed by atoms with Crippen LogP contribution in [0.3, 0.4) is 0 Å². The Hall–Kier alpha value is -2.57. The highest BCUT2D eigenvalue weighted by Gasteiger charge is 2.40. The maximum absolute atomic E-state index is 13.1. The molecule has 0 aliphatic carbocycles. The number of nitrogens with one attached hydrogen (secondary N) is 2. The highest BCUT2D eigenvalue weighted by atomic mass is 16.5. The lowest BCUT2D eigenvalue weighted by Gasteiger charge is -2.38. The van der Waals surface area contributed by atoms with Gasteiger partial charge in [0.1, 0.15) is 0 Å². The number of ether oxygens (including phenoxy) is 1. The van der Waals surface area contributed by atoms with Crippen molar-refractivity contribution in [3.63, 3.8) is 0 Å². The molecule has 3 heterocycles. The Morgan fingerprint density at radius 1 is 1.37 bits per heavy atom. The van der Waals surface area contributed by atoms with Gasteiger partial charge >= 0.3 is 0 Å². The number of allylic oxidation sites excluding steroid dienone is 3. The highest BCUT2D eigenvalue weighted by molar-refractivity contribution is 5.88. The molecule has 1 aromatic carbocycles. The van der Waals surface area contributed by atoms with Crippen molar-refractivity contribution in [1.82, 2.24) is 15.5 Å². The van der Waals surface area contributed by atoms with Crippen LogP contribution in [0.15, 0.2) is 54.4 Å². The molecule has 0 bridgehead atoms. The fraction of sp³-hybridized carbons (Fsp3) is 0.381. The predicted molar refractivity (Wildman–Crippen MR) is 103 cm³/mol. The number of amides is 1. The number of rotatable bonds is 4. The van der Waals surface area contributed by atoms with E-state index in [-0.39, 0.29) is 12.5 Å². The summed E-state index contributed by atoms with van der Waals surface area (Å²) in [5.74, 6) is -0.147. The molecule has 6 nitrogen and oxygen atoms in total. The first-order chi connectivity index (χ1) is 13.1. The van der Waals surface area contributed by atoms with Crippen LogP contribution in [-0.4, -0.2) is 47.4 Å². The van der Waals surface area contributed by atoms with E-state index in [0.717, 1.165) is 17.0 Å². The summed E-state index contributed by atoms with van der Waals surface area (Å²) in [5.41, 5.74) is 3.50. The summed E-state index contributed by atoms with van der Waals surface area (Å²) in [4.78, 5) is 15.1. The van der Waals surface area contributed by atoms with Crippen molar-refractivity contribution in [2.24, 2.45) is 0 Å². The second-order valence-electron chi connectivity index (χ2n) is 7.32. The van der Waals surface area contributed by atoms with E-state index < -0.39 is 11.7 Å². The van der Waals surface area contributed by atoms with Gasteiger partial charge in [0.15, 0.2) is 6.17 Å². The largest absolute Gasteiger partial charge is 0.394 e. The third kappa shape index (κ3) is 3.38. The van der Waals surface area contributed by atoms with E-state index in [4.69, 9.17) is 4.74 Å². The van der Waals surface area contributed by atoms with E-state index in [2.05, 4.69) is 29.7 Å². The van der Waals surface area contributed by atoms with Crippen LogP contribution in [0.2, 0.25) is 0 Å². The van der Waals surface area contributed by atoms with Gasteiger partial charge in [-0.3, -0.25) is 4.79 Å². The molecule has 1 saturated heterocycles. The number of benzene rings is 1. The summed E-state index contributed by atoms with van der Waals surface area (Å²) in [6.07, 6.45) is 8.48. The zero-order valence-corrected chi connectivity index (χ0v) is 15.4. The first-order valence-corrected chi connectivity index (χ1v) is 9.34. The molecule has 3 aliphatic rings. The molecule has 1 amide bonds. The molecule has 0 aromatic heterocycles. The number of carbonyl (C=O) groups excluding carboxylic acids is 1. The smallest absolute Gasteiger partial charge is 0.264 e. The van der Waals surface area contributed by atoms with Crippen molar-refractivity contribution in [2.75, 3.05) is 19.8 Å². The second kappa shape index (κ2) is 7.21. The van der Waals surface area contributed by atoms with E-state index >= 15 is 0 Å². The lowest BCUT2D eigenvalue weighted by atomic mass is 9.91. The number of nitrogens with zero attached hydrogens (tertiary/aromatic N) is 1. The van der Waals surface area contributed by atoms with Crippen LogP contribution in [0.5, 0.6) is 0 Å². The summed E-state index contributed by atoms with van der Waals surface area (Å²) in [6.45, 7) is 3.06. The molecule has 142 valence electrons. The molecule has 1 aromatic rings. The number of aryl methyl sites for hydroxylation is 1. The third-order valence-corrected chi connectivity index (χ3v) is 5.40. The molecule has 27 heavy (non-hydrogen) atoms. The Morgan fingerprint density at radius 3 is 2.93 bits per heavy atom. The normalized spacial score (nSPS) is 23.2. The molecule has 1 fully saturated rings. The molecule has 0 saturated carbocycles. The molecular formula is C21H25N3O3. The van der Waals surface area contributed by atoms with Crippen molar-refractivity contribution < 1.29 is 14.6 Å². The van der Waals surface area contributed by atoms with E-state index in [0.29, 0.717) is 26.1 Å². The maximum atomic E-state index is 13.1. The second-order valence-corrected chi connectivity index (χ2v) is 7.32. The van der Waals surface area contributed by atoms with Gasteiger partial charge in [0.05, 0.1) is 23.5 Å². The SMILES string of the molecule is Cc1cccc(C2=C3C=CC=CN3C(C(=O)NC3(CO)CCOCC3)N2)c1. The van der Waals surface area contributed by atoms with E-state index in [9.17, 15) is 9.90 Å². The van der Waals surface area contributed by atoms with E-state index in [1.54, 1.807) is 0 Å². The standard InChI is InChI=1S/C21H25N3O3/c1-15-5-4-6-16(13-15)18-17-7-2-3-10-24(17)19(22-18)20(26)23-21(14-25)8-11-27-12-9-21/h2-7,10,13,19,22,25H,8-9,11-12,14H2,1H3,(H,23,26). The number of hydrogen-bond donors (Lipinski definition) is 3. The Labute approximate surface area is 159 Å². The summed E-state index contributed by atoms with van der Waals surface area (Å²) in [6, 6.07) is 8.22. The van der Waals surface area contributed by atoms with Crippen molar-refractivity contribution >= 4 is 11.6 Å². The van der Waals surface area contributed by atoms with Gasteiger partial charge in [0.2, 0.25) is 0 Å². The van der Waals surface area contributed by atoms with Crippen LogP contribution in [0.1, 0.15) is 24.0 Å². The number of hydrogen-bond acceptors (Lipinski definition) is 5. The Morgan fingerprint density at radius 2 is 2.19 bits per heavy atom. The number of aliphatic hydroxyl groups is 1. The van der Waals surface area contributed by atoms with Gasteiger partial charge in [-0.25, -0.2) is 0 Å². The summed E-state index contributed by atoms with van der Waals surface area (Å²) in [5, 5.41) is 16.4. The third-order valence-electron chi connectivity index (χ3n) is 5.40. The van der Waals surface area contributed by atoms with Crippen molar-refractivity contribution in [3.05, 3.63) is 65.5 Å². The lowest BCUT2D eigenvalue weighted by Crippen LogP contribution is -2.60. The van der Waals surface area contributed by atoms with Gasteiger partial charge in [-0.1, -0.05) is 29.8 Å². The maximum Gasteiger partial charge on any atom is 0.264 e. The molecule has 3 N–H and O–H groups in total. The van der Waals surface area contributed by atoms with Gasteiger partial charge in [0, 0.05) is 25.0 Å². The minimum Gasteiger partial charge on any atom is -0.394 e. The lowest BCUT2D eigenvalue weighted by molar-refractivity contribution is -0.129. The highest BCUT2D eigenvalue weighted by Crippen LogP contribution is 2.31. The molecule has 4 rings (SSSR count). The van der Waals surface area contributed by atoms with Crippen molar-refractivity contribution in [3.8, 4) is 0 Å². The van der Waals surface area contributed by atoms with Crippen LogP contribution in [-0.2, 0) is 9.53 Å². The minimum atomic E-state index is -0.612. The predicted octanol–water partition coefficient (Wildman–Crippen LogP) is 1.64. The summed E-state index contributed by atoms with van der Waals surface area (Å²) in [7, 11) is 0. The number of carbonyl (C=O) groups is 1. The molecule has 1 atom stereocenters. The summed E-state index contributed by atoms with van der Waals surface area (Å²) < 4.78 is 5.39. The van der Waals surface area contributed by atoms with Crippen LogP contribution in [0.25, 0.3) is 5.70 Å². The fourth-order valence-electron chi connectivity index (χ4n) is 3.81. The Balaban J connectivity index is 1.59. The molecular weight excluding hydrogens is 342 g/mol. The van der Waals surface area contributed by atoms with Gasteiger partial charge in [-0.15, -0.1) is 0 Å².